The van der Waals surface area contributed by atoms with Crippen LogP contribution >= 0.6 is 0 Å². The molecule has 2 heterocycles. The minimum absolute atomic E-state index is 0.0615. The normalized spacial score (nSPS) is 22.5. The highest BCUT2D eigenvalue weighted by Gasteiger charge is 2.30. The number of amides is 2. The standard InChI is InChI=1S/C21H29N3O3/c25-20(15-6-7-15)23-16-8-9-19(24-10-2-1-3-11-24)18(13-16)21(26)22-14-17-5-4-12-27-17/h8-9,13,15,17H,1-7,10-12,14H2,(H,22,26)(H,23,25)/t17-/m0/s1. The summed E-state index contributed by atoms with van der Waals surface area (Å²) in [4.78, 5) is 27.3. The number of ether oxygens (including phenoxy) is 1. The quantitative estimate of drug-likeness (QED) is 0.807. The lowest BCUT2D eigenvalue weighted by Gasteiger charge is -2.30. The Kier molecular flexibility index (Phi) is 5.62. The van der Waals surface area contributed by atoms with Crippen LogP contribution in [0.4, 0.5) is 11.4 Å². The molecule has 1 aliphatic carbocycles. The predicted molar refractivity (Wildman–Crippen MR) is 105 cm³/mol. The zero-order valence-corrected chi connectivity index (χ0v) is 15.8. The number of rotatable bonds is 6. The van der Waals surface area contributed by atoms with Crippen LogP contribution in [-0.4, -0.2) is 44.2 Å². The first-order valence-corrected chi connectivity index (χ1v) is 10.3. The molecule has 2 aliphatic heterocycles. The second-order valence-electron chi connectivity index (χ2n) is 7.89. The fourth-order valence-electron chi connectivity index (χ4n) is 3.90. The summed E-state index contributed by atoms with van der Waals surface area (Å²) in [7, 11) is 0. The molecule has 0 aromatic heterocycles. The monoisotopic (exact) mass is 371 g/mol. The lowest BCUT2D eigenvalue weighted by molar-refractivity contribution is -0.117. The molecular formula is C21H29N3O3. The van der Waals surface area contributed by atoms with Gasteiger partial charge in [-0.3, -0.25) is 9.59 Å². The molecule has 1 atom stereocenters. The molecule has 2 saturated heterocycles. The van der Waals surface area contributed by atoms with E-state index in [0.717, 1.165) is 63.9 Å². The molecule has 2 amide bonds. The van der Waals surface area contributed by atoms with Crippen molar-refractivity contribution < 1.29 is 14.3 Å². The van der Waals surface area contributed by atoms with Crippen LogP contribution in [-0.2, 0) is 9.53 Å². The largest absolute Gasteiger partial charge is 0.376 e. The summed E-state index contributed by atoms with van der Waals surface area (Å²) in [6, 6.07) is 5.73. The van der Waals surface area contributed by atoms with E-state index in [-0.39, 0.29) is 23.8 Å². The van der Waals surface area contributed by atoms with E-state index in [1.165, 1.54) is 6.42 Å². The molecule has 2 N–H and O–H groups in total. The van der Waals surface area contributed by atoms with Crippen molar-refractivity contribution in [2.75, 3.05) is 36.5 Å². The number of benzene rings is 1. The summed E-state index contributed by atoms with van der Waals surface area (Å²) in [5, 5.41) is 6.00. The van der Waals surface area contributed by atoms with E-state index in [0.29, 0.717) is 17.8 Å². The minimum atomic E-state index is -0.0893. The third kappa shape index (κ3) is 4.61. The molecule has 0 spiro atoms. The van der Waals surface area contributed by atoms with E-state index in [1.54, 1.807) is 0 Å². The van der Waals surface area contributed by atoms with Crippen molar-refractivity contribution in [3.63, 3.8) is 0 Å². The first-order chi connectivity index (χ1) is 13.2. The van der Waals surface area contributed by atoms with E-state index >= 15 is 0 Å². The molecule has 6 nitrogen and oxygen atoms in total. The number of carbonyl (C=O) groups is 2. The van der Waals surface area contributed by atoms with Gasteiger partial charge < -0.3 is 20.3 Å². The molecule has 1 aromatic rings. The zero-order valence-electron chi connectivity index (χ0n) is 15.8. The Morgan fingerprint density at radius 2 is 1.89 bits per heavy atom. The molecule has 3 fully saturated rings. The second-order valence-corrected chi connectivity index (χ2v) is 7.89. The van der Waals surface area contributed by atoms with Crippen LogP contribution in [0, 0.1) is 5.92 Å². The molecule has 1 saturated carbocycles. The molecule has 0 radical (unpaired) electrons. The third-order valence-corrected chi connectivity index (χ3v) is 5.67. The lowest BCUT2D eigenvalue weighted by atomic mass is 10.1. The summed E-state index contributed by atoms with van der Waals surface area (Å²) in [5.41, 5.74) is 2.31. The first-order valence-electron chi connectivity index (χ1n) is 10.3. The third-order valence-electron chi connectivity index (χ3n) is 5.67. The molecule has 0 unspecified atom stereocenters. The number of hydrogen-bond acceptors (Lipinski definition) is 4. The number of carbonyl (C=O) groups excluding carboxylic acids is 2. The van der Waals surface area contributed by atoms with Gasteiger partial charge in [-0.25, -0.2) is 0 Å². The zero-order chi connectivity index (χ0) is 18.6. The molecule has 6 heteroatoms. The maximum absolute atomic E-state index is 12.9. The molecule has 0 bridgehead atoms. The van der Waals surface area contributed by atoms with Gasteiger partial charge in [-0.15, -0.1) is 0 Å². The maximum Gasteiger partial charge on any atom is 0.253 e. The van der Waals surface area contributed by atoms with E-state index in [1.807, 2.05) is 18.2 Å². The van der Waals surface area contributed by atoms with E-state index in [9.17, 15) is 9.59 Å². The van der Waals surface area contributed by atoms with Gasteiger partial charge in [0, 0.05) is 43.5 Å². The number of nitrogens with zero attached hydrogens (tertiary/aromatic N) is 1. The van der Waals surface area contributed by atoms with Crippen LogP contribution in [0.5, 0.6) is 0 Å². The van der Waals surface area contributed by atoms with Gasteiger partial charge in [-0.2, -0.15) is 0 Å². The summed E-state index contributed by atoms with van der Waals surface area (Å²) in [6.07, 6.45) is 7.64. The van der Waals surface area contributed by atoms with Crippen molar-refractivity contribution in [2.45, 2.75) is 51.0 Å². The van der Waals surface area contributed by atoms with Gasteiger partial charge in [0.15, 0.2) is 0 Å². The van der Waals surface area contributed by atoms with E-state index in [4.69, 9.17) is 4.74 Å². The van der Waals surface area contributed by atoms with Crippen molar-refractivity contribution in [1.29, 1.82) is 0 Å². The Morgan fingerprint density at radius 3 is 2.59 bits per heavy atom. The molecule has 27 heavy (non-hydrogen) atoms. The number of nitrogens with one attached hydrogen (secondary N) is 2. The Balaban J connectivity index is 1.51. The van der Waals surface area contributed by atoms with Crippen LogP contribution in [0.2, 0.25) is 0 Å². The topological polar surface area (TPSA) is 70.7 Å². The Morgan fingerprint density at radius 1 is 1.07 bits per heavy atom. The van der Waals surface area contributed by atoms with Gasteiger partial charge in [0.2, 0.25) is 5.91 Å². The Labute approximate surface area is 160 Å². The fraction of sp³-hybridized carbons (Fsp3) is 0.619. The van der Waals surface area contributed by atoms with Crippen molar-refractivity contribution in [3.05, 3.63) is 23.8 Å². The Hall–Kier alpha value is -2.08. The van der Waals surface area contributed by atoms with E-state index < -0.39 is 0 Å². The highest BCUT2D eigenvalue weighted by atomic mass is 16.5. The average Bonchev–Trinajstić information content (AvgIpc) is 3.43. The van der Waals surface area contributed by atoms with Crippen LogP contribution in [0.1, 0.15) is 55.3 Å². The van der Waals surface area contributed by atoms with Crippen molar-refractivity contribution in [2.24, 2.45) is 5.92 Å². The van der Waals surface area contributed by atoms with E-state index in [2.05, 4.69) is 15.5 Å². The van der Waals surface area contributed by atoms with Crippen LogP contribution in [0.15, 0.2) is 18.2 Å². The summed E-state index contributed by atoms with van der Waals surface area (Å²) in [6.45, 7) is 3.26. The van der Waals surface area contributed by atoms with Crippen LogP contribution in [0.3, 0.4) is 0 Å². The summed E-state index contributed by atoms with van der Waals surface area (Å²) >= 11 is 0. The highest BCUT2D eigenvalue weighted by Crippen LogP contribution is 2.32. The Bertz CT molecular complexity index is 690. The fourth-order valence-corrected chi connectivity index (χ4v) is 3.90. The van der Waals surface area contributed by atoms with Crippen LogP contribution in [0.25, 0.3) is 0 Å². The van der Waals surface area contributed by atoms with Gasteiger partial charge in [-0.05, 0) is 63.1 Å². The average molecular weight is 371 g/mol. The van der Waals surface area contributed by atoms with Crippen molar-refractivity contribution >= 4 is 23.2 Å². The molecule has 1 aromatic carbocycles. The minimum Gasteiger partial charge on any atom is -0.376 e. The predicted octanol–water partition coefficient (Wildman–Crippen LogP) is 2.93. The molecular weight excluding hydrogens is 342 g/mol. The number of hydrogen-bond donors (Lipinski definition) is 2. The smallest absolute Gasteiger partial charge is 0.253 e. The molecule has 146 valence electrons. The van der Waals surface area contributed by atoms with Gasteiger partial charge in [0.25, 0.3) is 5.91 Å². The second kappa shape index (κ2) is 8.30. The number of piperidine rings is 1. The van der Waals surface area contributed by atoms with Gasteiger partial charge in [-0.1, -0.05) is 0 Å². The van der Waals surface area contributed by atoms with Crippen LogP contribution < -0.4 is 15.5 Å². The SMILES string of the molecule is O=C(NC[C@@H]1CCCO1)c1cc(NC(=O)C2CC2)ccc1N1CCCCC1. The van der Waals surface area contributed by atoms with Crippen molar-refractivity contribution in [1.82, 2.24) is 5.32 Å². The highest BCUT2D eigenvalue weighted by molar-refractivity contribution is 6.02. The first kappa shape index (κ1) is 18.3. The summed E-state index contributed by atoms with van der Waals surface area (Å²) < 4.78 is 5.61. The van der Waals surface area contributed by atoms with Crippen molar-refractivity contribution in [3.8, 4) is 0 Å². The van der Waals surface area contributed by atoms with Gasteiger partial charge >= 0.3 is 0 Å². The molecule has 3 aliphatic rings. The molecule has 4 rings (SSSR count). The van der Waals surface area contributed by atoms with Gasteiger partial charge in [0.05, 0.1) is 11.7 Å². The maximum atomic E-state index is 12.9. The number of anilines is 2. The summed E-state index contributed by atoms with van der Waals surface area (Å²) in [5.74, 6) is 0.114. The van der Waals surface area contributed by atoms with Gasteiger partial charge in [0.1, 0.15) is 0 Å². The lowest BCUT2D eigenvalue weighted by Crippen LogP contribution is -2.35.